The van der Waals surface area contributed by atoms with Gasteiger partial charge in [-0.3, -0.25) is 4.72 Å². The average molecular weight is 382 g/mol. The second-order valence-electron chi connectivity index (χ2n) is 4.67. The topological polar surface area (TPSA) is 67.4 Å². The van der Waals surface area contributed by atoms with Crippen molar-refractivity contribution in [2.24, 2.45) is 0 Å². The number of benzene rings is 2. The van der Waals surface area contributed by atoms with Crippen molar-refractivity contribution in [2.75, 3.05) is 24.2 Å². The van der Waals surface area contributed by atoms with E-state index in [2.05, 4.69) is 5.32 Å². The van der Waals surface area contributed by atoms with Crippen LogP contribution in [0.5, 0.6) is 5.75 Å². The molecule has 25 heavy (non-hydrogen) atoms. The maximum Gasteiger partial charge on any atom is 0.267 e. The second-order valence-corrected chi connectivity index (χ2v) is 6.29. The molecule has 0 saturated carbocycles. The SMILES string of the molecule is CNc1cc(NS(=O)(=O)c2c(F)c(F)c(F)c(F)c2F)ccc1OC. The smallest absolute Gasteiger partial charge is 0.267 e. The van der Waals surface area contributed by atoms with Crippen LogP contribution in [0.25, 0.3) is 0 Å². The number of sulfonamides is 1. The zero-order chi connectivity index (χ0) is 18.9. The van der Waals surface area contributed by atoms with Crippen molar-refractivity contribution in [3.05, 3.63) is 47.3 Å². The van der Waals surface area contributed by atoms with E-state index >= 15 is 0 Å². The molecule has 0 bridgehead atoms. The fourth-order valence-electron chi connectivity index (χ4n) is 1.99. The molecule has 0 fully saturated rings. The molecule has 0 saturated heterocycles. The predicted octanol–water partition coefficient (Wildman–Crippen LogP) is 3.23. The van der Waals surface area contributed by atoms with Crippen molar-refractivity contribution in [2.45, 2.75) is 4.90 Å². The molecule has 0 amide bonds. The lowest BCUT2D eigenvalue weighted by Crippen LogP contribution is -2.19. The predicted molar refractivity (Wildman–Crippen MR) is 79.6 cm³/mol. The Morgan fingerprint density at radius 1 is 0.920 bits per heavy atom. The Labute approximate surface area is 139 Å². The molecular weight excluding hydrogens is 371 g/mol. The number of anilines is 2. The number of rotatable bonds is 5. The zero-order valence-electron chi connectivity index (χ0n) is 12.8. The van der Waals surface area contributed by atoms with E-state index in [1.807, 2.05) is 0 Å². The quantitative estimate of drug-likeness (QED) is 0.473. The van der Waals surface area contributed by atoms with Gasteiger partial charge >= 0.3 is 0 Å². The lowest BCUT2D eigenvalue weighted by atomic mass is 10.2. The Morgan fingerprint density at radius 3 is 1.92 bits per heavy atom. The first kappa shape index (κ1) is 18.8. The highest BCUT2D eigenvalue weighted by Crippen LogP contribution is 2.31. The van der Waals surface area contributed by atoms with Gasteiger partial charge in [0, 0.05) is 7.05 Å². The number of ether oxygens (including phenoxy) is 1. The minimum atomic E-state index is -5.10. The van der Waals surface area contributed by atoms with Crippen LogP contribution in [0, 0.1) is 29.1 Å². The number of halogens is 5. The van der Waals surface area contributed by atoms with Crippen LogP contribution in [0.15, 0.2) is 23.1 Å². The van der Waals surface area contributed by atoms with Crippen molar-refractivity contribution in [3.63, 3.8) is 0 Å². The molecule has 2 aromatic rings. The van der Waals surface area contributed by atoms with E-state index in [-0.39, 0.29) is 5.69 Å². The van der Waals surface area contributed by atoms with E-state index in [0.29, 0.717) is 11.4 Å². The van der Waals surface area contributed by atoms with Crippen LogP contribution in [0.3, 0.4) is 0 Å². The van der Waals surface area contributed by atoms with E-state index in [1.54, 1.807) is 4.72 Å². The Hall–Kier alpha value is -2.56. The lowest BCUT2D eigenvalue weighted by molar-refractivity contribution is 0.358. The summed E-state index contributed by atoms with van der Waals surface area (Å²) in [6.07, 6.45) is 0. The zero-order valence-corrected chi connectivity index (χ0v) is 13.6. The van der Waals surface area contributed by atoms with E-state index in [4.69, 9.17) is 4.74 Å². The van der Waals surface area contributed by atoms with E-state index < -0.39 is 44.0 Å². The van der Waals surface area contributed by atoms with E-state index in [9.17, 15) is 30.4 Å². The molecule has 0 aromatic heterocycles. The summed E-state index contributed by atoms with van der Waals surface area (Å²) in [6, 6.07) is 3.73. The number of nitrogens with one attached hydrogen (secondary N) is 2. The van der Waals surface area contributed by atoms with Crippen molar-refractivity contribution in [1.29, 1.82) is 0 Å². The molecular formula is C14H11F5N2O3S. The van der Waals surface area contributed by atoms with Crippen molar-refractivity contribution in [3.8, 4) is 5.75 Å². The summed E-state index contributed by atoms with van der Waals surface area (Å²) in [7, 11) is -2.24. The Kier molecular flexibility index (Phi) is 5.07. The summed E-state index contributed by atoms with van der Waals surface area (Å²) >= 11 is 0. The first-order chi connectivity index (χ1) is 11.6. The molecule has 0 atom stereocenters. The van der Waals surface area contributed by atoms with Gasteiger partial charge in [-0.1, -0.05) is 0 Å². The summed E-state index contributed by atoms with van der Waals surface area (Å²) in [5, 5.41) is 2.68. The summed E-state index contributed by atoms with van der Waals surface area (Å²) < 4.78 is 97.8. The van der Waals surface area contributed by atoms with Gasteiger partial charge in [0.25, 0.3) is 10.0 Å². The van der Waals surface area contributed by atoms with Crippen LogP contribution in [0.2, 0.25) is 0 Å². The molecule has 11 heteroatoms. The highest BCUT2D eigenvalue weighted by Gasteiger charge is 2.33. The van der Waals surface area contributed by atoms with Crippen LogP contribution in [-0.4, -0.2) is 22.6 Å². The molecule has 0 radical (unpaired) electrons. The van der Waals surface area contributed by atoms with Crippen LogP contribution >= 0.6 is 0 Å². The van der Waals surface area contributed by atoms with Gasteiger partial charge in [0.1, 0.15) is 5.75 Å². The van der Waals surface area contributed by atoms with E-state index in [0.717, 1.165) is 0 Å². The molecule has 136 valence electrons. The minimum Gasteiger partial charge on any atom is -0.495 e. The highest BCUT2D eigenvalue weighted by molar-refractivity contribution is 7.92. The maximum atomic E-state index is 13.7. The fraction of sp³-hybridized carbons (Fsp3) is 0.143. The third-order valence-electron chi connectivity index (χ3n) is 3.16. The standard InChI is InChI=1S/C14H11F5N2O3S/c1-20-7-5-6(3-4-8(7)24-2)21-25(22,23)14-12(18)10(16)9(15)11(17)13(14)19/h3-5,20-21H,1-2H3. The first-order valence-corrected chi connectivity index (χ1v) is 8.02. The molecule has 0 aliphatic heterocycles. The first-order valence-electron chi connectivity index (χ1n) is 6.54. The summed E-state index contributed by atoms with van der Waals surface area (Å²) in [5.41, 5.74) is 0.134. The highest BCUT2D eigenvalue weighted by atomic mass is 32.2. The Bertz CT molecular complexity index is 906. The minimum absolute atomic E-state index is 0.186. The Balaban J connectivity index is 2.55. The van der Waals surface area contributed by atoms with Gasteiger partial charge in [-0.2, -0.15) is 0 Å². The van der Waals surface area contributed by atoms with Crippen molar-refractivity contribution >= 4 is 21.4 Å². The largest absolute Gasteiger partial charge is 0.495 e. The second kappa shape index (κ2) is 6.75. The fourth-order valence-corrected chi connectivity index (χ4v) is 3.18. The van der Waals surface area contributed by atoms with E-state index in [1.165, 1.54) is 32.4 Å². The summed E-state index contributed by atoms with van der Waals surface area (Å²) in [6.45, 7) is 0. The third kappa shape index (κ3) is 3.31. The summed E-state index contributed by atoms with van der Waals surface area (Å²) in [5.74, 6) is -11.7. The molecule has 2 aromatic carbocycles. The molecule has 0 heterocycles. The van der Waals surface area contributed by atoms with Crippen LogP contribution < -0.4 is 14.8 Å². The summed E-state index contributed by atoms with van der Waals surface area (Å²) in [4.78, 5) is -1.97. The Morgan fingerprint density at radius 2 is 1.44 bits per heavy atom. The van der Waals surface area contributed by atoms with Gasteiger partial charge in [-0.15, -0.1) is 0 Å². The van der Waals surface area contributed by atoms with Gasteiger partial charge in [0.15, 0.2) is 28.2 Å². The van der Waals surface area contributed by atoms with Gasteiger partial charge in [-0.05, 0) is 18.2 Å². The monoisotopic (exact) mass is 382 g/mol. The number of hydrogen-bond acceptors (Lipinski definition) is 4. The molecule has 0 aliphatic rings. The molecule has 0 spiro atoms. The molecule has 2 rings (SSSR count). The molecule has 5 nitrogen and oxygen atoms in total. The maximum absolute atomic E-state index is 13.7. The van der Waals surface area contributed by atoms with Crippen molar-refractivity contribution < 1.29 is 35.1 Å². The normalized spacial score (nSPS) is 11.3. The van der Waals surface area contributed by atoms with Gasteiger partial charge in [-0.25, -0.2) is 30.4 Å². The van der Waals surface area contributed by atoms with Gasteiger partial charge in [0.2, 0.25) is 5.82 Å². The lowest BCUT2D eigenvalue weighted by Gasteiger charge is -2.13. The average Bonchev–Trinajstić information content (AvgIpc) is 2.57. The van der Waals surface area contributed by atoms with Crippen LogP contribution in [0.4, 0.5) is 33.3 Å². The number of hydrogen-bond donors (Lipinski definition) is 2. The van der Waals surface area contributed by atoms with Crippen LogP contribution in [-0.2, 0) is 10.0 Å². The molecule has 0 unspecified atom stereocenters. The number of methoxy groups -OCH3 is 1. The molecule has 2 N–H and O–H groups in total. The molecule has 0 aliphatic carbocycles. The van der Waals surface area contributed by atoms with Gasteiger partial charge in [0.05, 0.1) is 18.5 Å². The third-order valence-corrected chi connectivity index (χ3v) is 4.56. The van der Waals surface area contributed by atoms with Gasteiger partial charge < -0.3 is 10.1 Å². The van der Waals surface area contributed by atoms with Crippen molar-refractivity contribution in [1.82, 2.24) is 0 Å². The van der Waals surface area contributed by atoms with Crippen LogP contribution in [0.1, 0.15) is 0 Å².